The van der Waals surface area contributed by atoms with Crippen LogP contribution in [-0.4, -0.2) is 13.9 Å². The van der Waals surface area contributed by atoms with E-state index in [2.05, 4.69) is 39.8 Å². The summed E-state index contributed by atoms with van der Waals surface area (Å²) in [6, 6.07) is 18.5. The minimum atomic E-state index is -5.53. The Hall–Kier alpha value is -2.06. The number of halogens is 3. The van der Waals surface area contributed by atoms with Crippen molar-refractivity contribution in [1.82, 2.24) is 4.72 Å². The fourth-order valence-corrected chi connectivity index (χ4v) is 4.11. The number of benzene rings is 3. The first-order chi connectivity index (χ1) is 15.3. The van der Waals surface area contributed by atoms with Crippen LogP contribution in [0.4, 0.5) is 13.2 Å². The number of aryl methyl sites for hydroxylation is 3. The number of hydrogen-bond acceptors (Lipinski definition) is 3. The van der Waals surface area contributed by atoms with Gasteiger partial charge in [-0.25, -0.2) is 8.42 Å². The number of nitrogens with one attached hydrogen (secondary N) is 1. The second-order valence-electron chi connectivity index (χ2n) is 7.92. The molecule has 0 aromatic heterocycles. The molecular formula is C25H29F3N2O2RuS. The molecule has 0 amide bonds. The molecule has 0 saturated carbocycles. The fourth-order valence-electron chi connectivity index (χ4n) is 3.36. The molecule has 3 aromatic rings. The van der Waals surface area contributed by atoms with Crippen molar-refractivity contribution in [2.24, 2.45) is 5.73 Å². The molecule has 0 aliphatic rings. The molecule has 2 atom stereocenters. The van der Waals surface area contributed by atoms with Crippen LogP contribution in [-0.2, 0) is 29.5 Å². The van der Waals surface area contributed by atoms with Gasteiger partial charge in [-0.1, -0.05) is 78.4 Å². The monoisotopic (exact) mass is 580 g/mol. The molecule has 0 spiro atoms. The molecule has 0 saturated heterocycles. The van der Waals surface area contributed by atoms with E-state index in [1.807, 2.05) is 0 Å². The molecule has 0 aliphatic carbocycles. The Morgan fingerprint density at radius 2 is 1.21 bits per heavy atom. The number of hydrogen-bond donors (Lipinski definition) is 2. The summed E-state index contributed by atoms with van der Waals surface area (Å²) in [4.78, 5) is 0. The third-order valence-corrected chi connectivity index (χ3v) is 6.53. The van der Waals surface area contributed by atoms with Crippen LogP contribution in [0.2, 0.25) is 0 Å². The van der Waals surface area contributed by atoms with Gasteiger partial charge in [0.2, 0.25) is 0 Å². The van der Waals surface area contributed by atoms with Gasteiger partial charge in [0.25, 0.3) is 0 Å². The molecule has 0 bridgehead atoms. The summed E-state index contributed by atoms with van der Waals surface area (Å²) in [5.41, 5.74) is 7.07. The average molecular weight is 580 g/mol. The van der Waals surface area contributed by atoms with Crippen LogP contribution in [0.25, 0.3) is 0 Å². The Morgan fingerprint density at radius 1 is 0.794 bits per heavy atom. The Kier molecular flexibility index (Phi) is 11.1. The first-order valence-corrected chi connectivity index (χ1v) is 11.8. The van der Waals surface area contributed by atoms with E-state index in [1.54, 1.807) is 53.3 Å². The van der Waals surface area contributed by atoms with Crippen molar-refractivity contribution in [1.29, 1.82) is 0 Å². The van der Waals surface area contributed by atoms with Crippen LogP contribution in [0.5, 0.6) is 0 Å². The van der Waals surface area contributed by atoms with Gasteiger partial charge >= 0.3 is 15.5 Å². The van der Waals surface area contributed by atoms with Crippen LogP contribution < -0.4 is 10.5 Å². The quantitative estimate of drug-likeness (QED) is 0.376. The van der Waals surface area contributed by atoms with Crippen LogP contribution in [0.15, 0.2) is 72.8 Å². The Bertz CT molecular complexity index is 1130. The van der Waals surface area contributed by atoms with Gasteiger partial charge in [-0.15, -0.1) is 0 Å². The number of rotatable bonds is 5. The largest absolute Gasteiger partial charge is 0.511 e. The number of nitrogens with two attached hydrogens (primary N) is 1. The van der Waals surface area contributed by atoms with Gasteiger partial charge in [-0.05, 0) is 55.5 Å². The van der Waals surface area contributed by atoms with E-state index < -0.39 is 27.6 Å². The van der Waals surface area contributed by atoms with Crippen molar-refractivity contribution in [3.63, 3.8) is 0 Å². The van der Waals surface area contributed by atoms with Gasteiger partial charge < -0.3 is 5.73 Å². The third-order valence-electron chi connectivity index (χ3n) is 5.36. The Labute approximate surface area is 212 Å². The van der Waals surface area contributed by atoms with E-state index in [0.29, 0.717) is 11.1 Å². The maximum atomic E-state index is 12.7. The first kappa shape index (κ1) is 30.0. The molecule has 0 heterocycles. The number of sulfonamides is 1. The molecule has 9 heteroatoms. The number of alkyl halides is 3. The van der Waals surface area contributed by atoms with Gasteiger partial charge in [-0.2, -0.15) is 17.9 Å². The summed E-state index contributed by atoms with van der Waals surface area (Å²) < 4.78 is 62.7. The molecule has 3 aromatic carbocycles. The van der Waals surface area contributed by atoms with E-state index in [4.69, 9.17) is 5.73 Å². The Balaban J connectivity index is 0.000000442. The van der Waals surface area contributed by atoms with E-state index in [-0.39, 0.29) is 19.5 Å². The molecule has 34 heavy (non-hydrogen) atoms. The van der Waals surface area contributed by atoms with E-state index in [0.717, 1.165) is 0 Å². The molecule has 186 valence electrons. The maximum absolute atomic E-state index is 12.7. The van der Waals surface area contributed by atoms with Gasteiger partial charge in [0.05, 0.1) is 12.1 Å². The van der Waals surface area contributed by atoms with Crippen molar-refractivity contribution < 1.29 is 41.1 Å². The molecule has 0 unspecified atom stereocenters. The second-order valence-corrected chi connectivity index (χ2v) is 9.62. The van der Waals surface area contributed by atoms with Gasteiger partial charge in [0.1, 0.15) is 0 Å². The first-order valence-electron chi connectivity index (χ1n) is 10.3. The van der Waals surface area contributed by atoms with Crippen molar-refractivity contribution in [2.45, 2.75) is 45.3 Å². The molecule has 4 nitrogen and oxygen atoms in total. The minimum Gasteiger partial charge on any atom is -0.322 e. The van der Waals surface area contributed by atoms with Gasteiger partial charge in [0.15, 0.2) is 0 Å². The zero-order valence-corrected chi connectivity index (χ0v) is 21.9. The molecular weight excluding hydrogens is 550 g/mol. The molecule has 0 radical (unpaired) electrons. The topological polar surface area (TPSA) is 72.2 Å². The predicted molar refractivity (Wildman–Crippen MR) is 126 cm³/mol. The summed E-state index contributed by atoms with van der Waals surface area (Å²) in [6.07, 6.45) is 0. The van der Waals surface area contributed by atoms with E-state index in [9.17, 15) is 21.6 Å². The normalized spacial score (nSPS) is 13.2. The summed E-state index contributed by atoms with van der Waals surface area (Å²) >= 11 is 0. The van der Waals surface area contributed by atoms with Crippen molar-refractivity contribution in [3.05, 3.63) is 106 Å². The summed E-state index contributed by atoms with van der Waals surface area (Å²) in [5, 5.41) is 0. The minimum absolute atomic E-state index is 0. The molecule has 3 rings (SSSR count). The van der Waals surface area contributed by atoms with Crippen molar-refractivity contribution in [3.8, 4) is 0 Å². The van der Waals surface area contributed by atoms with Crippen LogP contribution >= 0.6 is 0 Å². The van der Waals surface area contributed by atoms with Crippen LogP contribution in [0.1, 0.15) is 45.5 Å². The zero-order chi connectivity index (χ0) is 24.8. The van der Waals surface area contributed by atoms with E-state index in [1.165, 1.54) is 34.4 Å². The summed E-state index contributed by atoms with van der Waals surface area (Å²) in [5.74, 6) is 0. The Morgan fingerprint density at radius 3 is 1.62 bits per heavy atom. The van der Waals surface area contributed by atoms with Crippen molar-refractivity contribution in [2.75, 3.05) is 0 Å². The van der Waals surface area contributed by atoms with Gasteiger partial charge in [-0.3, -0.25) is 0 Å². The SMILES string of the molecule is Cc1cc(C)c(C)c(C)c1.N[C@H](c1ccccc1)[C@H](NS(=O)(=O)C(F)(F)F)c1ccccc1.[Ru]. The standard InChI is InChI=1S/C15H15F3N2O2S.C10H14.Ru/c16-15(17,18)23(21,22)20-14(12-9-5-2-6-10-12)13(19)11-7-3-1-4-8-11;1-7-5-8(2)10(4)9(3)6-7;/h1-10,13-14,20H,19H2;5-6H,1-4H3;/t13-,14-;;/m1../s1. The summed E-state index contributed by atoms with van der Waals surface area (Å²) in [6.45, 7) is 8.63. The van der Waals surface area contributed by atoms with Crippen molar-refractivity contribution >= 4 is 10.0 Å². The third kappa shape index (κ3) is 8.01. The predicted octanol–water partition coefficient (Wildman–Crippen LogP) is 5.78. The summed E-state index contributed by atoms with van der Waals surface area (Å²) in [7, 11) is -5.53. The van der Waals surface area contributed by atoms with Crippen LogP contribution in [0.3, 0.4) is 0 Å². The molecule has 0 fully saturated rings. The maximum Gasteiger partial charge on any atom is 0.511 e. The zero-order valence-electron chi connectivity index (χ0n) is 19.4. The fraction of sp³-hybridized carbons (Fsp3) is 0.280. The second kappa shape index (κ2) is 12.6. The van der Waals surface area contributed by atoms with Gasteiger partial charge in [0, 0.05) is 19.5 Å². The van der Waals surface area contributed by atoms with Crippen LogP contribution in [0, 0.1) is 27.7 Å². The molecule has 0 aliphatic heterocycles. The van der Waals surface area contributed by atoms with E-state index >= 15 is 0 Å². The molecule has 3 N–H and O–H groups in total. The average Bonchev–Trinajstić information content (AvgIpc) is 2.76. The smallest absolute Gasteiger partial charge is 0.322 e.